The van der Waals surface area contributed by atoms with Gasteiger partial charge in [-0.1, -0.05) is 90.4 Å². The number of amides is 1. The molecule has 9 nitrogen and oxygen atoms in total. The normalized spacial score (nSPS) is 17.0. The molecule has 4 aromatic carbocycles. The smallest absolute Gasteiger partial charge is 0.301 e. The van der Waals surface area contributed by atoms with Crippen molar-refractivity contribution in [1.29, 1.82) is 0 Å². The zero-order valence-corrected chi connectivity index (χ0v) is 26.1. The maximum absolute atomic E-state index is 13.7. The van der Waals surface area contributed by atoms with Crippen LogP contribution in [0, 0.1) is 0 Å². The van der Waals surface area contributed by atoms with Crippen LogP contribution in [0.1, 0.15) is 22.7 Å². The lowest BCUT2D eigenvalue weighted by molar-refractivity contribution is -0.132. The fraction of sp³-hybridized carbons (Fsp3) is 0.143. The van der Waals surface area contributed by atoms with Crippen molar-refractivity contribution < 1.29 is 28.9 Å². The molecule has 1 atom stereocenters. The van der Waals surface area contributed by atoms with Crippen LogP contribution in [0.15, 0.2) is 107 Å². The van der Waals surface area contributed by atoms with E-state index in [1.807, 2.05) is 18.2 Å². The molecule has 230 valence electrons. The van der Waals surface area contributed by atoms with Gasteiger partial charge in [-0.3, -0.25) is 14.5 Å². The van der Waals surface area contributed by atoms with Crippen molar-refractivity contribution in [3.8, 4) is 17.2 Å². The first-order chi connectivity index (χ1) is 22.5. The van der Waals surface area contributed by atoms with Crippen LogP contribution in [0.3, 0.4) is 0 Å². The quantitative estimate of drug-likeness (QED) is 0.0453. The molecule has 1 N–H and O–H groups in total. The number of hydrogen-bond acceptors (Lipinski definition) is 10. The number of aliphatic hydroxyl groups is 1. The van der Waals surface area contributed by atoms with E-state index in [9.17, 15) is 14.7 Å². The number of ketones is 1. The van der Waals surface area contributed by atoms with Crippen LogP contribution in [0.5, 0.6) is 17.2 Å². The molecule has 0 bridgehead atoms. The summed E-state index contributed by atoms with van der Waals surface area (Å²) in [6.07, 6.45) is 1.62. The Bertz CT molecular complexity index is 2020. The molecule has 0 radical (unpaired) electrons. The summed E-state index contributed by atoms with van der Waals surface area (Å²) in [6.45, 7) is 4.75. The molecule has 0 spiro atoms. The third-order valence-corrected chi connectivity index (χ3v) is 9.74. The highest BCUT2D eigenvalue weighted by Gasteiger charge is 2.48. The Morgan fingerprint density at radius 1 is 1.00 bits per heavy atom. The second kappa shape index (κ2) is 12.7. The minimum absolute atomic E-state index is 0.0808. The second-order valence-corrected chi connectivity index (χ2v) is 12.7. The van der Waals surface area contributed by atoms with Crippen LogP contribution in [0.4, 0.5) is 5.13 Å². The van der Waals surface area contributed by atoms with Crippen molar-refractivity contribution >= 4 is 56.5 Å². The first-order valence-electron chi connectivity index (χ1n) is 14.5. The lowest BCUT2D eigenvalue weighted by Crippen LogP contribution is -2.29. The lowest BCUT2D eigenvalue weighted by atomic mass is 9.95. The van der Waals surface area contributed by atoms with E-state index in [0.29, 0.717) is 51.7 Å². The first kappa shape index (κ1) is 29.6. The minimum Gasteiger partial charge on any atom is -0.507 e. The number of aromatic nitrogens is 2. The fourth-order valence-electron chi connectivity index (χ4n) is 5.54. The average Bonchev–Trinajstić information content (AvgIpc) is 3.67. The predicted molar refractivity (Wildman–Crippen MR) is 178 cm³/mol. The molecule has 1 fully saturated rings. The molecule has 1 amide bonds. The molecule has 11 heteroatoms. The Hall–Kier alpha value is -5.13. The monoisotopic (exact) mass is 649 g/mol. The van der Waals surface area contributed by atoms with Crippen molar-refractivity contribution in [2.24, 2.45) is 0 Å². The highest BCUT2D eigenvalue weighted by Crippen LogP contribution is 2.45. The van der Waals surface area contributed by atoms with Gasteiger partial charge in [0.1, 0.15) is 31.3 Å². The number of thioether (sulfide) groups is 1. The number of fused-ring (bicyclic) bond motifs is 2. The van der Waals surface area contributed by atoms with E-state index in [0.717, 1.165) is 16.3 Å². The van der Waals surface area contributed by atoms with Crippen LogP contribution in [-0.2, 0) is 15.3 Å². The van der Waals surface area contributed by atoms with Crippen molar-refractivity contribution in [3.05, 3.63) is 120 Å². The van der Waals surface area contributed by atoms with Crippen molar-refractivity contribution in [1.82, 2.24) is 10.2 Å². The fourth-order valence-corrected chi connectivity index (χ4v) is 7.41. The van der Waals surface area contributed by atoms with E-state index in [1.165, 1.54) is 28.0 Å². The van der Waals surface area contributed by atoms with Gasteiger partial charge in [-0.15, -0.1) is 10.2 Å². The van der Waals surface area contributed by atoms with Crippen LogP contribution in [-0.4, -0.2) is 46.8 Å². The van der Waals surface area contributed by atoms with Gasteiger partial charge in [0.15, 0.2) is 15.8 Å². The summed E-state index contributed by atoms with van der Waals surface area (Å²) in [6, 6.07) is 25.3. The Labute approximate surface area is 272 Å². The van der Waals surface area contributed by atoms with Crippen LogP contribution in [0.2, 0.25) is 0 Å². The Balaban J connectivity index is 1.26. The summed E-state index contributed by atoms with van der Waals surface area (Å²) < 4.78 is 17.7. The van der Waals surface area contributed by atoms with Gasteiger partial charge in [0, 0.05) is 11.3 Å². The molecule has 7 rings (SSSR count). The molecule has 1 saturated heterocycles. The minimum atomic E-state index is -0.996. The topological polar surface area (TPSA) is 111 Å². The zero-order valence-electron chi connectivity index (χ0n) is 24.4. The molecule has 0 saturated carbocycles. The van der Waals surface area contributed by atoms with Crippen LogP contribution in [0.25, 0.3) is 16.5 Å². The molecule has 46 heavy (non-hydrogen) atoms. The maximum atomic E-state index is 13.7. The standard InChI is InChI=1S/C35H27N3O6S2/c1-2-15-42-25-11-6-9-22(18-25)30-29(31(39)23-13-14-27-28(19-23)44-17-16-43-27)32(40)33(41)38(30)34-36-37-35(46-34)45-20-24-10-5-8-21-7-3-4-12-26(21)24/h2-14,18-19,30,39H,1,15-17,20H2/b31-29+/t30-/m0/s1. The zero-order chi connectivity index (χ0) is 31.6. The summed E-state index contributed by atoms with van der Waals surface area (Å²) in [5.41, 5.74) is 1.94. The number of nitrogens with zero attached hydrogens (tertiary/aromatic N) is 3. The van der Waals surface area contributed by atoms with E-state index >= 15 is 0 Å². The average molecular weight is 650 g/mol. The van der Waals surface area contributed by atoms with Gasteiger partial charge in [0.25, 0.3) is 5.78 Å². The van der Waals surface area contributed by atoms with Gasteiger partial charge in [-0.2, -0.15) is 0 Å². The molecule has 0 aliphatic carbocycles. The number of carbonyl (C=O) groups excluding carboxylic acids is 2. The number of carbonyl (C=O) groups is 2. The summed E-state index contributed by atoms with van der Waals surface area (Å²) in [5.74, 6) is 0.150. The molecule has 3 heterocycles. The van der Waals surface area contributed by atoms with Crippen LogP contribution < -0.4 is 19.1 Å². The van der Waals surface area contributed by atoms with E-state index in [4.69, 9.17) is 14.2 Å². The van der Waals surface area contributed by atoms with Gasteiger partial charge >= 0.3 is 5.91 Å². The molecule has 5 aromatic rings. The predicted octanol–water partition coefficient (Wildman–Crippen LogP) is 6.95. The summed E-state index contributed by atoms with van der Waals surface area (Å²) in [7, 11) is 0. The number of ether oxygens (including phenoxy) is 3. The Morgan fingerprint density at radius 3 is 2.67 bits per heavy atom. The second-order valence-electron chi connectivity index (χ2n) is 10.5. The van der Waals surface area contributed by atoms with Crippen LogP contribution >= 0.6 is 23.1 Å². The SMILES string of the molecule is C=CCOc1cccc([C@H]2/C(=C(\O)c3ccc4c(c3)OCCO4)C(=O)C(=O)N2c2nnc(SCc3cccc4ccccc34)s2)c1. The Morgan fingerprint density at radius 2 is 1.80 bits per heavy atom. The lowest BCUT2D eigenvalue weighted by Gasteiger charge is -2.23. The van der Waals surface area contributed by atoms with Gasteiger partial charge in [0.2, 0.25) is 5.13 Å². The van der Waals surface area contributed by atoms with Gasteiger partial charge in [-0.05, 0) is 52.2 Å². The van der Waals surface area contributed by atoms with Crippen molar-refractivity contribution in [2.45, 2.75) is 16.1 Å². The maximum Gasteiger partial charge on any atom is 0.301 e. The van der Waals surface area contributed by atoms with E-state index in [2.05, 4.69) is 41.0 Å². The van der Waals surface area contributed by atoms with Gasteiger partial charge in [-0.25, -0.2) is 0 Å². The number of benzene rings is 4. The van der Waals surface area contributed by atoms with Crippen molar-refractivity contribution in [3.63, 3.8) is 0 Å². The number of rotatable bonds is 9. The van der Waals surface area contributed by atoms with Gasteiger partial charge in [0.05, 0.1) is 11.6 Å². The number of anilines is 1. The summed E-state index contributed by atoms with van der Waals surface area (Å²) in [5, 5.41) is 22.9. The van der Waals surface area contributed by atoms with E-state index < -0.39 is 17.7 Å². The van der Waals surface area contributed by atoms with Gasteiger partial charge < -0.3 is 19.3 Å². The van der Waals surface area contributed by atoms with E-state index in [1.54, 1.807) is 48.5 Å². The molecule has 1 aromatic heterocycles. The summed E-state index contributed by atoms with van der Waals surface area (Å²) >= 11 is 2.71. The van der Waals surface area contributed by atoms with Crippen molar-refractivity contribution in [2.75, 3.05) is 24.7 Å². The first-order valence-corrected chi connectivity index (χ1v) is 16.3. The summed E-state index contributed by atoms with van der Waals surface area (Å²) in [4.78, 5) is 28.8. The van der Waals surface area contributed by atoms with E-state index in [-0.39, 0.29) is 23.1 Å². The molecule has 2 aliphatic heterocycles. The molecular formula is C35H27N3O6S2. The third-order valence-electron chi connectivity index (χ3n) is 7.63. The number of Topliss-reactive ketones (excluding diaryl/α,β-unsaturated/α-hetero) is 1. The molecular weight excluding hydrogens is 623 g/mol. The number of aliphatic hydroxyl groups excluding tert-OH is 1. The highest BCUT2D eigenvalue weighted by atomic mass is 32.2. The number of hydrogen-bond donors (Lipinski definition) is 1. The third kappa shape index (κ3) is 5.59. The molecule has 2 aliphatic rings. The molecule has 0 unspecified atom stereocenters. The highest BCUT2D eigenvalue weighted by molar-refractivity contribution is 8.00. The largest absolute Gasteiger partial charge is 0.507 e. The Kier molecular flexibility index (Phi) is 8.17.